The molecule has 19 rings (SSSR count). The van der Waals surface area contributed by atoms with Crippen LogP contribution in [0.2, 0.25) is 0 Å². The van der Waals surface area contributed by atoms with Crippen molar-refractivity contribution in [2.75, 3.05) is 0 Å². The maximum absolute atomic E-state index is 13.0. The first-order valence-electron chi connectivity index (χ1n) is 29.7. The van der Waals surface area contributed by atoms with Gasteiger partial charge < -0.3 is 27.4 Å². The van der Waals surface area contributed by atoms with Gasteiger partial charge in [-0.2, -0.15) is 5.26 Å². The van der Waals surface area contributed by atoms with Crippen molar-refractivity contribution < 1.29 is 0 Å². The van der Waals surface area contributed by atoms with Gasteiger partial charge in [0.25, 0.3) is 0 Å². The van der Waals surface area contributed by atoms with E-state index in [1.165, 1.54) is 0 Å². The van der Waals surface area contributed by atoms with Crippen molar-refractivity contribution in [1.82, 2.24) is 27.4 Å². The van der Waals surface area contributed by atoms with E-state index in [0.29, 0.717) is 34.0 Å². The van der Waals surface area contributed by atoms with E-state index >= 15 is 0 Å². The molecular formula is C80H46N8. The van der Waals surface area contributed by atoms with Gasteiger partial charge in [0.1, 0.15) is 6.07 Å². The van der Waals surface area contributed by atoms with Crippen molar-refractivity contribution >= 4 is 137 Å². The monoisotopic (exact) mass is 1120 g/mol. The predicted octanol–water partition coefficient (Wildman–Crippen LogP) is 20.7. The number of benzene rings is 13. The average molecular weight is 1120 g/mol. The Bertz CT molecular complexity index is 5950. The highest BCUT2D eigenvalue weighted by atomic mass is 15.1. The normalized spacial score (nSPS) is 12.1. The molecule has 88 heavy (non-hydrogen) atoms. The molecule has 6 heterocycles. The number of hydrogen-bond donors (Lipinski definition) is 0. The van der Waals surface area contributed by atoms with Crippen LogP contribution in [-0.2, 0) is 0 Å². The molecule has 6 aromatic heterocycles. The number of nitriles is 1. The van der Waals surface area contributed by atoms with Crippen molar-refractivity contribution in [3.05, 3.63) is 296 Å². The van der Waals surface area contributed by atoms with Gasteiger partial charge in [-0.05, 0) is 84.9 Å². The van der Waals surface area contributed by atoms with Crippen molar-refractivity contribution in [3.8, 4) is 40.2 Å². The van der Waals surface area contributed by atoms with Crippen molar-refractivity contribution in [1.29, 1.82) is 5.26 Å². The molecule has 0 aliphatic rings. The third-order valence-corrected chi connectivity index (χ3v) is 18.6. The zero-order valence-electron chi connectivity index (χ0n) is 47.1. The molecule has 0 N–H and O–H groups in total. The summed E-state index contributed by atoms with van der Waals surface area (Å²) in [5, 5.41) is 25.6. The number of para-hydroxylation sites is 10. The number of hydrogen-bond acceptors (Lipinski definition) is 1. The summed E-state index contributed by atoms with van der Waals surface area (Å²) in [7, 11) is 0. The predicted molar refractivity (Wildman–Crippen MR) is 363 cm³/mol. The Kier molecular flexibility index (Phi) is 9.87. The summed E-state index contributed by atoms with van der Waals surface area (Å²) in [5.41, 5.74) is 16.9. The number of aromatic nitrogens is 6. The molecule has 0 saturated heterocycles. The molecule has 406 valence electrons. The molecule has 0 spiro atoms. The second-order valence-corrected chi connectivity index (χ2v) is 22.9. The van der Waals surface area contributed by atoms with E-state index in [9.17, 15) is 11.8 Å². The molecule has 8 heteroatoms. The zero-order valence-corrected chi connectivity index (χ0v) is 47.1. The summed E-state index contributed by atoms with van der Waals surface area (Å²) in [6.07, 6.45) is 0. The smallest absolute Gasteiger partial charge is 0.237 e. The maximum Gasteiger partial charge on any atom is 0.237 e. The molecule has 0 unspecified atom stereocenters. The van der Waals surface area contributed by atoms with E-state index in [1.54, 1.807) is 0 Å². The highest BCUT2D eigenvalue weighted by Crippen LogP contribution is 2.54. The second-order valence-electron chi connectivity index (χ2n) is 22.9. The third kappa shape index (κ3) is 6.24. The van der Waals surface area contributed by atoms with E-state index in [2.05, 4.69) is 313 Å². The Hall–Kier alpha value is -12.4. The van der Waals surface area contributed by atoms with Gasteiger partial charge in [-0.3, -0.25) is 0 Å². The van der Waals surface area contributed by atoms with E-state index in [1.807, 2.05) is 0 Å². The second kappa shape index (κ2) is 18.1. The van der Waals surface area contributed by atoms with Crippen LogP contribution in [0.1, 0.15) is 5.56 Å². The highest BCUT2D eigenvalue weighted by Gasteiger charge is 2.36. The first-order chi connectivity index (χ1) is 43.7. The average Bonchev–Trinajstić information content (AvgIpc) is 1.50. The summed E-state index contributed by atoms with van der Waals surface area (Å²) in [6, 6.07) is 102. The van der Waals surface area contributed by atoms with E-state index in [0.717, 1.165) is 142 Å². The van der Waals surface area contributed by atoms with Gasteiger partial charge in [-0.15, -0.1) is 0 Å². The molecule has 0 aliphatic carbocycles. The Morgan fingerprint density at radius 3 is 0.909 bits per heavy atom. The molecular weight excluding hydrogens is 1070 g/mol. The van der Waals surface area contributed by atoms with Crippen molar-refractivity contribution in [3.63, 3.8) is 0 Å². The van der Waals surface area contributed by atoms with Gasteiger partial charge in [0, 0.05) is 76.0 Å². The minimum Gasteiger partial charge on any atom is -0.318 e. The summed E-state index contributed by atoms with van der Waals surface area (Å²) < 4.78 is 14.2. The van der Waals surface area contributed by atoms with Gasteiger partial charge in [-0.1, -0.05) is 194 Å². The lowest BCUT2D eigenvalue weighted by molar-refractivity contribution is 1.04. The fourth-order valence-corrected chi connectivity index (χ4v) is 15.3. The van der Waals surface area contributed by atoms with Crippen LogP contribution in [0, 0.1) is 17.9 Å². The third-order valence-electron chi connectivity index (χ3n) is 18.6. The fourth-order valence-electron chi connectivity index (χ4n) is 15.3. The lowest BCUT2D eigenvalue weighted by Crippen LogP contribution is -2.14. The highest BCUT2D eigenvalue weighted by molar-refractivity contribution is 6.29. The SMILES string of the molecule is [C-]#[N+]c1c(-n2c3ccccc3c3ccccc32)c(C#N)c(-n2c3ccccc3c3ccc4c(c5ccccc5n4-c4ccccc4)c32)c(-n2c3ccccc3c3ccccc32)c1-n1c2ccccc2c2ccc3c(c4ccccc4n3-c3ccccc3)c21. The van der Waals surface area contributed by atoms with Gasteiger partial charge in [-0.25, -0.2) is 4.85 Å². The van der Waals surface area contributed by atoms with Gasteiger partial charge in [0.2, 0.25) is 5.69 Å². The van der Waals surface area contributed by atoms with E-state index in [4.69, 9.17) is 4.85 Å². The largest absolute Gasteiger partial charge is 0.318 e. The molecule has 0 amide bonds. The number of nitrogens with zero attached hydrogens (tertiary/aromatic N) is 8. The summed E-state index contributed by atoms with van der Waals surface area (Å²) >= 11 is 0. The summed E-state index contributed by atoms with van der Waals surface area (Å²) in [5.74, 6) is 0. The summed E-state index contributed by atoms with van der Waals surface area (Å²) in [6.45, 7) is 10.1. The Morgan fingerprint density at radius 1 is 0.250 bits per heavy atom. The minimum absolute atomic E-state index is 0.335. The van der Waals surface area contributed by atoms with E-state index in [-0.39, 0.29) is 0 Å². The summed E-state index contributed by atoms with van der Waals surface area (Å²) in [4.78, 5) is 4.95. The lowest BCUT2D eigenvalue weighted by atomic mass is 10.0. The Labute approximate surface area is 502 Å². The Morgan fingerprint density at radius 2 is 0.545 bits per heavy atom. The molecule has 0 fully saturated rings. The minimum atomic E-state index is 0.335. The first kappa shape index (κ1) is 48.1. The van der Waals surface area contributed by atoms with Gasteiger partial charge >= 0.3 is 0 Å². The van der Waals surface area contributed by atoms with Crippen molar-refractivity contribution in [2.45, 2.75) is 0 Å². The molecule has 0 bridgehead atoms. The van der Waals surface area contributed by atoms with Gasteiger partial charge in [0.05, 0.1) is 101 Å². The molecule has 0 atom stereocenters. The molecule has 8 nitrogen and oxygen atoms in total. The fraction of sp³-hybridized carbons (Fsp3) is 0. The van der Waals surface area contributed by atoms with Crippen LogP contribution in [0.15, 0.2) is 279 Å². The number of rotatable bonds is 6. The maximum atomic E-state index is 13.0. The molecule has 13 aromatic carbocycles. The number of fused-ring (bicyclic) bond motifs is 20. The van der Waals surface area contributed by atoms with E-state index < -0.39 is 0 Å². The van der Waals surface area contributed by atoms with Crippen LogP contribution in [0.3, 0.4) is 0 Å². The molecule has 0 aliphatic heterocycles. The molecule has 0 saturated carbocycles. The molecule has 19 aromatic rings. The van der Waals surface area contributed by atoms with Crippen LogP contribution in [-0.4, -0.2) is 27.4 Å². The van der Waals surface area contributed by atoms with Crippen LogP contribution in [0.25, 0.3) is 170 Å². The zero-order chi connectivity index (χ0) is 57.9. The topological polar surface area (TPSA) is 57.7 Å². The van der Waals surface area contributed by atoms with Crippen LogP contribution in [0.4, 0.5) is 5.69 Å². The quantitative estimate of drug-likeness (QED) is 0.153. The van der Waals surface area contributed by atoms with Crippen LogP contribution in [0.5, 0.6) is 0 Å². The van der Waals surface area contributed by atoms with Crippen LogP contribution < -0.4 is 0 Å². The molecule has 0 radical (unpaired) electrons. The standard InChI is InChI=1S/C80H46N8/c1-82-74-77(85-62-36-16-8-28-51(62)52-29-9-17-37-63(52)85)61(48-81)78(87-66-40-20-12-32-55(66)57-44-46-70-72(75(57)87)59-34-14-22-42-68(59)83(70)49-24-4-2-5-25-49)80(86-64-38-18-10-30-53(64)54-31-11-19-39-65(54)86)79(74)88-67-41-21-13-33-56(67)58-45-47-71-73(76(58)88)60-35-15-23-43-69(60)84(71)50-26-6-3-7-27-50/h2-47H. The van der Waals surface area contributed by atoms with Crippen LogP contribution >= 0.6 is 0 Å². The van der Waals surface area contributed by atoms with Crippen molar-refractivity contribution in [2.24, 2.45) is 0 Å². The first-order valence-corrected chi connectivity index (χ1v) is 29.7. The van der Waals surface area contributed by atoms with Gasteiger partial charge in [0.15, 0.2) is 0 Å². The lowest BCUT2D eigenvalue weighted by Gasteiger charge is -2.27. The Balaban J connectivity index is 1.15.